The van der Waals surface area contributed by atoms with Gasteiger partial charge in [-0.25, -0.2) is 9.97 Å². The molecule has 0 radical (unpaired) electrons. The van der Waals surface area contributed by atoms with Gasteiger partial charge in [0.15, 0.2) is 0 Å². The van der Waals surface area contributed by atoms with E-state index in [-0.39, 0.29) is 5.91 Å². The molecule has 0 spiro atoms. The lowest BCUT2D eigenvalue weighted by molar-refractivity contribution is -0.117. The van der Waals surface area contributed by atoms with Gasteiger partial charge in [-0.2, -0.15) is 0 Å². The minimum atomic E-state index is 0.0523. The monoisotopic (exact) mass is 340 g/mol. The van der Waals surface area contributed by atoms with Gasteiger partial charge in [0.05, 0.1) is 19.0 Å². The van der Waals surface area contributed by atoms with Crippen LogP contribution in [0.5, 0.6) is 5.75 Å². The first-order chi connectivity index (χ1) is 11.8. The standard InChI is InChI=1S/C17H16N4O2S/c1-23-13-4-2-3-12(9-13)21-7-6-20(10-15(21)22)16-14-5-8-24-17(14)19-11-18-16/h2-5,8-9,11H,6-7,10H2,1H3. The zero-order chi connectivity index (χ0) is 16.5. The molecule has 122 valence electrons. The van der Waals surface area contributed by atoms with Gasteiger partial charge in [-0.3, -0.25) is 4.79 Å². The Balaban J connectivity index is 1.58. The first-order valence-corrected chi connectivity index (χ1v) is 8.52. The molecule has 4 rings (SSSR count). The Morgan fingerprint density at radius 1 is 1.21 bits per heavy atom. The number of ether oxygens (including phenoxy) is 1. The van der Waals surface area contributed by atoms with E-state index in [2.05, 4.69) is 9.97 Å². The summed E-state index contributed by atoms with van der Waals surface area (Å²) >= 11 is 1.58. The molecular formula is C17H16N4O2S. The number of amides is 1. The van der Waals surface area contributed by atoms with E-state index in [0.717, 1.165) is 34.0 Å². The highest BCUT2D eigenvalue weighted by molar-refractivity contribution is 7.16. The van der Waals surface area contributed by atoms with Gasteiger partial charge in [0.2, 0.25) is 5.91 Å². The lowest BCUT2D eigenvalue weighted by Crippen LogP contribution is -2.51. The lowest BCUT2D eigenvalue weighted by Gasteiger charge is -2.35. The molecule has 0 atom stereocenters. The molecule has 24 heavy (non-hydrogen) atoms. The van der Waals surface area contributed by atoms with Crippen LogP contribution in [-0.4, -0.2) is 42.6 Å². The van der Waals surface area contributed by atoms with Crippen LogP contribution in [0.2, 0.25) is 0 Å². The van der Waals surface area contributed by atoms with Crippen LogP contribution in [-0.2, 0) is 4.79 Å². The van der Waals surface area contributed by atoms with Crippen LogP contribution < -0.4 is 14.5 Å². The van der Waals surface area contributed by atoms with Crippen molar-refractivity contribution in [2.75, 3.05) is 36.5 Å². The molecule has 0 bridgehead atoms. The van der Waals surface area contributed by atoms with Crippen molar-refractivity contribution in [3.05, 3.63) is 42.0 Å². The number of hydrogen-bond acceptors (Lipinski definition) is 6. The Kier molecular flexibility index (Phi) is 3.78. The zero-order valence-corrected chi connectivity index (χ0v) is 14.0. The number of carbonyl (C=O) groups excluding carboxylic acids is 1. The van der Waals surface area contributed by atoms with Crippen molar-refractivity contribution < 1.29 is 9.53 Å². The summed E-state index contributed by atoms with van der Waals surface area (Å²) in [5, 5.41) is 3.00. The van der Waals surface area contributed by atoms with Crippen molar-refractivity contribution in [2.45, 2.75) is 0 Å². The highest BCUT2D eigenvalue weighted by Crippen LogP contribution is 2.29. The molecule has 2 aromatic heterocycles. The molecule has 0 aliphatic carbocycles. The molecule has 1 aliphatic rings. The molecule has 3 aromatic rings. The fourth-order valence-electron chi connectivity index (χ4n) is 2.93. The summed E-state index contributed by atoms with van der Waals surface area (Å²) in [5.41, 5.74) is 0.863. The molecule has 1 amide bonds. The van der Waals surface area contributed by atoms with Crippen LogP contribution in [0, 0.1) is 0 Å². The number of benzene rings is 1. The number of carbonyl (C=O) groups is 1. The van der Waals surface area contributed by atoms with Gasteiger partial charge < -0.3 is 14.5 Å². The Bertz CT molecular complexity index is 895. The Hall–Kier alpha value is -2.67. The van der Waals surface area contributed by atoms with E-state index in [1.165, 1.54) is 0 Å². The highest BCUT2D eigenvalue weighted by Gasteiger charge is 2.27. The molecule has 3 heterocycles. The van der Waals surface area contributed by atoms with E-state index in [1.807, 2.05) is 40.6 Å². The zero-order valence-electron chi connectivity index (χ0n) is 13.2. The number of thiophene rings is 1. The molecule has 1 saturated heterocycles. The van der Waals surface area contributed by atoms with Crippen molar-refractivity contribution in [1.82, 2.24) is 9.97 Å². The summed E-state index contributed by atoms with van der Waals surface area (Å²) in [6.07, 6.45) is 1.56. The molecule has 0 unspecified atom stereocenters. The third-order valence-electron chi connectivity index (χ3n) is 4.13. The predicted molar refractivity (Wildman–Crippen MR) is 95.0 cm³/mol. The average Bonchev–Trinajstić information content (AvgIpc) is 3.10. The van der Waals surface area contributed by atoms with Gasteiger partial charge in [-0.1, -0.05) is 6.07 Å². The second kappa shape index (κ2) is 6.09. The highest BCUT2D eigenvalue weighted by atomic mass is 32.1. The second-order valence-corrected chi connectivity index (χ2v) is 6.40. The van der Waals surface area contributed by atoms with Crippen molar-refractivity contribution >= 4 is 39.0 Å². The third-order valence-corrected chi connectivity index (χ3v) is 4.95. The van der Waals surface area contributed by atoms with Gasteiger partial charge in [-0.15, -0.1) is 11.3 Å². The Morgan fingerprint density at radius 2 is 2.12 bits per heavy atom. The molecule has 7 heteroatoms. The summed E-state index contributed by atoms with van der Waals surface area (Å²) < 4.78 is 5.25. The Labute approximate surface area is 143 Å². The first kappa shape index (κ1) is 14.9. The van der Waals surface area contributed by atoms with E-state index < -0.39 is 0 Å². The van der Waals surface area contributed by atoms with E-state index in [9.17, 15) is 4.79 Å². The summed E-state index contributed by atoms with van der Waals surface area (Å²) in [4.78, 5) is 26.1. The molecule has 0 N–H and O–H groups in total. The van der Waals surface area contributed by atoms with E-state index in [1.54, 1.807) is 29.7 Å². The number of aromatic nitrogens is 2. The average molecular weight is 340 g/mol. The molecule has 6 nitrogen and oxygen atoms in total. The van der Waals surface area contributed by atoms with E-state index >= 15 is 0 Å². The number of rotatable bonds is 3. The summed E-state index contributed by atoms with van der Waals surface area (Å²) in [5.74, 6) is 1.63. The SMILES string of the molecule is COc1cccc(N2CCN(c3ncnc4sccc34)CC2=O)c1. The minimum absolute atomic E-state index is 0.0523. The quantitative estimate of drug-likeness (QED) is 0.733. The van der Waals surface area contributed by atoms with Crippen molar-refractivity contribution in [3.63, 3.8) is 0 Å². The van der Waals surface area contributed by atoms with Crippen molar-refractivity contribution in [3.8, 4) is 5.75 Å². The maximum Gasteiger partial charge on any atom is 0.246 e. The first-order valence-electron chi connectivity index (χ1n) is 7.64. The van der Waals surface area contributed by atoms with Crippen LogP contribution in [0.4, 0.5) is 11.5 Å². The van der Waals surface area contributed by atoms with Crippen LogP contribution in [0.3, 0.4) is 0 Å². The number of hydrogen-bond donors (Lipinski definition) is 0. The number of fused-ring (bicyclic) bond motifs is 1. The summed E-state index contributed by atoms with van der Waals surface area (Å²) in [6.45, 7) is 1.64. The fourth-order valence-corrected chi connectivity index (χ4v) is 3.66. The largest absolute Gasteiger partial charge is 0.497 e. The smallest absolute Gasteiger partial charge is 0.246 e. The predicted octanol–water partition coefficient (Wildman–Crippen LogP) is 2.55. The fraction of sp³-hybridized carbons (Fsp3) is 0.235. The number of piperazine rings is 1. The topological polar surface area (TPSA) is 58.6 Å². The molecule has 1 fully saturated rings. The van der Waals surface area contributed by atoms with Crippen LogP contribution in [0.1, 0.15) is 0 Å². The summed E-state index contributed by atoms with van der Waals surface area (Å²) in [7, 11) is 1.63. The second-order valence-electron chi connectivity index (χ2n) is 5.51. The maximum atomic E-state index is 12.7. The third kappa shape index (κ3) is 2.56. The maximum absolute atomic E-state index is 12.7. The van der Waals surface area contributed by atoms with Gasteiger partial charge in [0.1, 0.15) is 22.7 Å². The molecule has 1 aromatic carbocycles. The number of methoxy groups -OCH3 is 1. The lowest BCUT2D eigenvalue weighted by atomic mass is 10.2. The van der Waals surface area contributed by atoms with Crippen LogP contribution >= 0.6 is 11.3 Å². The van der Waals surface area contributed by atoms with Crippen LogP contribution in [0.15, 0.2) is 42.0 Å². The van der Waals surface area contributed by atoms with Crippen molar-refractivity contribution in [2.24, 2.45) is 0 Å². The summed E-state index contributed by atoms with van der Waals surface area (Å²) in [6, 6.07) is 9.59. The molecular weight excluding hydrogens is 324 g/mol. The van der Waals surface area contributed by atoms with Gasteiger partial charge in [0.25, 0.3) is 0 Å². The van der Waals surface area contributed by atoms with Crippen molar-refractivity contribution in [1.29, 1.82) is 0 Å². The number of nitrogens with zero attached hydrogens (tertiary/aromatic N) is 4. The van der Waals surface area contributed by atoms with Gasteiger partial charge in [-0.05, 0) is 23.6 Å². The van der Waals surface area contributed by atoms with Crippen LogP contribution in [0.25, 0.3) is 10.2 Å². The van der Waals surface area contributed by atoms with E-state index in [4.69, 9.17) is 4.74 Å². The van der Waals surface area contributed by atoms with Gasteiger partial charge >= 0.3 is 0 Å². The number of anilines is 2. The van der Waals surface area contributed by atoms with Gasteiger partial charge in [0, 0.05) is 24.8 Å². The normalized spacial score (nSPS) is 15.1. The van der Waals surface area contributed by atoms with E-state index in [0.29, 0.717) is 13.1 Å². The molecule has 1 aliphatic heterocycles. The molecule has 0 saturated carbocycles. The minimum Gasteiger partial charge on any atom is -0.497 e. The Morgan fingerprint density at radius 3 is 2.96 bits per heavy atom.